The van der Waals surface area contributed by atoms with Gasteiger partial charge in [0.1, 0.15) is 4.21 Å². The third-order valence-electron chi connectivity index (χ3n) is 6.35. The van der Waals surface area contributed by atoms with Crippen molar-refractivity contribution in [3.63, 3.8) is 0 Å². The molecule has 30 heavy (non-hydrogen) atoms. The molecule has 9 heteroatoms. The van der Waals surface area contributed by atoms with Crippen LogP contribution in [-0.2, 0) is 48.7 Å². The molecule has 2 amide bonds. The van der Waals surface area contributed by atoms with Crippen molar-refractivity contribution < 1.29 is 13.2 Å². The summed E-state index contributed by atoms with van der Waals surface area (Å²) in [6, 6.07) is 3.32. The van der Waals surface area contributed by atoms with Gasteiger partial charge >= 0.3 is 35.6 Å². The second-order valence-corrected chi connectivity index (χ2v) is 11.1. The summed E-state index contributed by atoms with van der Waals surface area (Å²) in [5.41, 5.74) is 6.85. The number of likely N-dealkylation sites (N-methyl/N-ethyl adjacent to an activating group) is 1. The van der Waals surface area contributed by atoms with Crippen LogP contribution < -0.4 is 10.0 Å². The van der Waals surface area contributed by atoms with Gasteiger partial charge in [0.2, 0.25) is 0 Å². The number of nitrogens with one attached hydrogen (secondary N) is 2. The molecule has 5 rings (SSSR count). The van der Waals surface area contributed by atoms with E-state index in [1.807, 2.05) is 0 Å². The summed E-state index contributed by atoms with van der Waals surface area (Å²) in [6.07, 6.45) is 5.90. The van der Waals surface area contributed by atoms with Crippen molar-refractivity contribution >= 4 is 62.6 Å². The number of sulfonamides is 1. The van der Waals surface area contributed by atoms with E-state index in [4.69, 9.17) is 0 Å². The van der Waals surface area contributed by atoms with Gasteiger partial charge in [0.15, 0.2) is 0 Å². The molecule has 0 radical (unpaired) electrons. The van der Waals surface area contributed by atoms with Crippen LogP contribution in [0.3, 0.4) is 0 Å². The molecule has 1 aliphatic heterocycles. The predicted octanol–water partition coefficient (Wildman–Crippen LogP) is 2.58. The van der Waals surface area contributed by atoms with Crippen LogP contribution in [0, 0.1) is 0 Å². The van der Waals surface area contributed by atoms with E-state index >= 15 is 0 Å². The van der Waals surface area contributed by atoms with E-state index in [9.17, 15) is 13.2 Å². The first-order valence-corrected chi connectivity index (χ1v) is 12.6. The first-order valence-electron chi connectivity index (χ1n) is 10.3. The molecule has 0 saturated carbocycles. The van der Waals surface area contributed by atoms with E-state index in [0.717, 1.165) is 74.3 Å². The Balaban J connectivity index is 0.00000218. The Morgan fingerprint density at radius 2 is 1.83 bits per heavy atom. The standard InChI is InChI=1S/C21H25N3O3S2.Na.H/c1-2-24-9-8-18-15(12-24)11-19(28-18)29(26,27)23-21(25)22-20-16-5-3-4-13(16)10-14-6-7-17(14)20;;/h10-11H,2-9,12H2,1H3,(H2,22,23,25);;. The summed E-state index contributed by atoms with van der Waals surface area (Å²) in [5, 5.41) is 2.87. The second-order valence-electron chi connectivity index (χ2n) is 8.07. The summed E-state index contributed by atoms with van der Waals surface area (Å²) in [5.74, 6) is 0. The fraction of sp³-hybridized carbons (Fsp3) is 0.476. The van der Waals surface area contributed by atoms with Crippen molar-refractivity contribution in [3.8, 4) is 0 Å². The van der Waals surface area contributed by atoms with Crippen molar-refractivity contribution in [3.05, 3.63) is 44.8 Å². The number of urea groups is 1. The van der Waals surface area contributed by atoms with Crippen LogP contribution in [0.4, 0.5) is 10.5 Å². The number of amides is 2. The van der Waals surface area contributed by atoms with Gasteiger partial charge < -0.3 is 5.32 Å². The third kappa shape index (κ3) is 3.98. The molecule has 0 fully saturated rings. The van der Waals surface area contributed by atoms with E-state index in [-0.39, 0.29) is 33.8 Å². The molecule has 1 aromatic heterocycles. The Kier molecular flexibility index (Phi) is 6.36. The van der Waals surface area contributed by atoms with E-state index in [2.05, 4.69) is 27.9 Å². The van der Waals surface area contributed by atoms with Gasteiger partial charge in [-0.1, -0.05) is 13.0 Å². The van der Waals surface area contributed by atoms with Crippen LogP contribution in [0.1, 0.15) is 46.0 Å². The molecule has 1 aromatic carbocycles. The zero-order chi connectivity index (χ0) is 20.2. The van der Waals surface area contributed by atoms with Gasteiger partial charge in [0.25, 0.3) is 10.0 Å². The summed E-state index contributed by atoms with van der Waals surface area (Å²) >= 11 is 1.28. The molecule has 2 heterocycles. The van der Waals surface area contributed by atoms with Gasteiger partial charge in [0.05, 0.1) is 0 Å². The number of nitrogens with zero attached hydrogens (tertiary/aromatic N) is 1. The van der Waals surface area contributed by atoms with Crippen LogP contribution >= 0.6 is 11.3 Å². The molecule has 156 valence electrons. The summed E-state index contributed by atoms with van der Waals surface area (Å²) in [6.45, 7) is 4.77. The van der Waals surface area contributed by atoms with E-state index in [0.29, 0.717) is 0 Å². The number of fused-ring (bicyclic) bond motifs is 3. The monoisotopic (exact) mass is 455 g/mol. The number of carbonyl (C=O) groups excluding carboxylic acids is 1. The van der Waals surface area contributed by atoms with Gasteiger partial charge in [-0.3, -0.25) is 4.90 Å². The summed E-state index contributed by atoms with van der Waals surface area (Å²) in [4.78, 5) is 16.0. The molecule has 2 aliphatic carbocycles. The average molecular weight is 456 g/mol. The van der Waals surface area contributed by atoms with Crippen molar-refractivity contribution in [2.75, 3.05) is 18.4 Å². The van der Waals surface area contributed by atoms with E-state index in [1.54, 1.807) is 6.07 Å². The fourth-order valence-electron chi connectivity index (χ4n) is 4.67. The number of anilines is 1. The third-order valence-corrected chi connectivity index (χ3v) is 9.39. The van der Waals surface area contributed by atoms with Gasteiger partial charge in [-0.15, -0.1) is 11.3 Å². The molecule has 0 spiro atoms. The number of carbonyl (C=O) groups is 1. The Morgan fingerprint density at radius 3 is 2.57 bits per heavy atom. The number of thiophene rings is 1. The topological polar surface area (TPSA) is 78.5 Å². The molecular formula is C21H26N3NaO3S2. The SMILES string of the molecule is CCN1CCc2sc(S(=O)(=O)NC(=O)Nc3c4c(cc5c3CC5)CCC4)cc2C1.[NaH]. The minimum atomic E-state index is -3.88. The van der Waals surface area contributed by atoms with Crippen molar-refractivity contribution in [2.45, 2.75) is 56.2 Å². The minimum absolute atomic E-state index is 0. The molecule has 0 atom stereocenters. The number of hydrogen-bond donors (Lipinski definition) is 2. The molecule has 0 unspecified atom stereocenters. The zero-order valence-corrected chi connectivity index (χ0v) is 18.1. The molecule has 2 N–H and O–H groups in total. The average Bonchev–Trinajstić information content (AvgIpc) is 3.30. The van der Waals surface area contributed by atoms with Crippen LogP contribution in [0.25, 0.3) is 0 Å². The quantitative estimate of drug-likeness (QED) is 0.695. The van der Waals surface area contributed by atoms with Gasteiger partial charge in [-0.25, -0.2) is 17.9 Å². The number of hydrogen-bond acceptors (Lipinski definition) is 5. The molecule has 0 bridgehead atoms. The number of benzene rings is 1. The molecule has 3 aliphatic rings. The van der Waals surface area contributed by atoms with Crippen molar-refractivity contribution in [2.24, 2.45) is 0 Å². The first kappa shape index (κ1) is 22.3. The number of rotatable bonds is 4. The molecule has 0 saturated heterocycles. The van der Waals surface area contributed by atoms with Crippen LogP contribution in [-0.4, -0.2) is 62.0 Å². The maximum atomic E-state index is 12.8. The Hall–Kier alpha value is -0.900. The summed E-state index contributed by atoms with van der Waals surface area (Å²) < 4.78 is 28.1. The van der Waals surface area contributed by atoms with E-state index in [1.165, 1.54) is 33.6 Å². The van der Waals surface area contributed by atoms with Gasteiger partial charge in [-0.2, -0.15) is 0 Å². The molecule has 2 aromatic rings. The number of aryl methyl sites for hydroxylation is 2. The Bertz CT molecular complexity index is 1110. The molecular weight excluding hydrogens is 429 g/mol. The molecule has 6 nitrogen and oxygen atoms in total. The maximum absolute atomic E-state index is 12.8. The van der Waals surface area contributed by atoms with Crippen LogP contribution in [0.2, 0.25) is 0 Å². The van der Waals surface area contributed by atoms with Gasteiger partial charge in [0, 0.05) is 23.7 Å². The van der Waals surface area contributed by atoms with Gasteiger partial charge in [-0.05, 0) is 79.0 Å². The zero-order valence-electron chi connectivity index (χ0n) is 16.5. The van der Waals surface area contributed by atoms with Crippen LogP contribution in [0.5, 0.6) is 0 Å². The summed E-state index contributed by atoms with van der Waals surface area (Å²) in [7, 11) is -3.88. The first-order chi connectivity index (χ1) is 13.9. The van der Waals surface area contributed by atoms with Crippen molar-refractivity contribution in [1.82, 2.24) is 9.62 Å². The normalized spacial score (nSPS) is 17.2. The van der Waals surface area contributed by atoms with Crippen LogP contribution in [0.15, 0.2) is 16.3 Å². The predicted molar refractivity (Wildman–Crippen MR) is 121 cm³/mol. The van der Waals surface area contributed by atoms with E-state index < -0.39 is 16.1 Å². The fourth-order valence-corrected chi connectivity index (χ4v) is 7.12. The Labute approximate surface area is 203 Å². The van der Waals surface area contributed by atoms with Crippen molar-refractivity contribution in [1.29, 1.82) is 0 Å². The Morgan fingerprint density at radius 1 is 1.07 bits per heavy atom. The second kappa shape index (κ2) is 8.56.